The van der Waals surface area contributed by atoms with Crippen molar-refractivity contribution in [1.82, 2.24) is 39.0 Å². The van der Waals surface area contributed by atoms with Gasteiger partial charge in [-0.1, -0.05) is 60.7 Å². The number of carbonyl (C=O) groups is 1. The van der Waals surface area contributed by atoms with Gasteiger partial charge in [0.15, 0.2) is 35.1 Å². The number of aromatic nitrogens is 8. The Morgan fingerprint density at radius 2 is 1.49 bits per heavy atom. The molecule has 6 rings (SSSR count). The van der Waals surface area contributed by atoms with Gasteiger partial charge in [0.2, 0.25) is 0 Å². The number of ether oxygens (including phenoxy) is 3. The predicted octanol–water partition coefficient (Wildman–Crippen LogP) is 1.13. The summed E-state index contributed by atoms with van der Waals surface area (Å²) in [6.07, 6.45) is 1.65. The molecule has 2 aromatic carbocycles. The number of aliphatic hydroxyl groups is 1. The molecule has 0 fully saturated rings. The third-order valence-electron chi connectivity index (χ3n) is 6.35. The van der Waals surface area contributed by atoms with Crippen molar-refractivity contribution < 1.29 is 24.1 Å². The molecule has 45 heavy (non-hydrogen) atoms. The van der Waals surface area contributed by atoms with Gasteiger partial charge in [-0.3, -0.25) is 4.57 Å². The Labute approximate surface area is 255 Å². The molecule has 232 valence electrons. The number of aromatic amines is 1. The van der Waals surface area contributed by atoms with Crippen molar-refractivity contribution in [3.63, 3.8) is 0 Å². The highest BCUT2D eigenvalue weighted by molar-refractivity contribution is 5.82. The van der Waals surface area contributed by atoms with E-state index in [-0.39, 0.29) is 49.2 Å². The van der Waals surface area contributed by atoms with Crippen LogP contribution in [0.5, 0.6) is 12.0 Å². The summed E-state index contributed by atoms with van der Waals surface area (Å²) in [4.78, 5) is 46.6. The fourth-order valence-electron chi connectivity index (χ4n) is 4.23. The van der Waals surface area contributed by atoms with Crippen molar-refractivity contribution in [2.24, 2.45) is 0 Å². The summed E-state index contributed by atoms with van der Waals surface area (Å²) >= 11 is 0. The van der Waals surface area contributed by atoms with Crippen LogP contribution in [0.25, 0.3) is 22.3 Å². The topological polar surface area (TPSA) is 224 Å². The Morgan fingerprint density at radius 3 is 2.16 bits per heavy atom. The van der Waals surface area contributed by atoms with E-state index in [0.29, 0.717) is 35.4 Å². The SMILES string of the molecule is COC(=O)COc1nc(N)c2ncn(Cc3ccccc3)c2n1.Nc1nc(OCCO)nc2c1[nH]c(=O)n2Cc1ccccc1. The first-order valence-corrected chi connectivity index (χ1v) is 13.6. The molecule has 16 heteroatoms. The maximum Gasteiger partial charge on any atom is 0.344 e. The quantitative estimate of drug-likeness (QED) is 0.159. The molecule has 16 nitrogen and oxygen atoms in total. The zero-order valence-corrected chi connectivity index (χ0v) is 24.2. The number of nitrogens with zero attached hydrogens (tertiary/aromatic N) is 7. The van der Waals surface area contributed by atoms with E-state index < -0.39 is 5.97 Å². The van der Waals surface area contributed by atoms with Crippen LogP contribution in [0.1, 0.15) is 11.1 Å². The van der Waals surface area contributed by atoms with Gasteiger partial charge in [0.05, 0.1) is 33.1 Å². The van der Waals surface area contributed by atoms with Crippen LogP contribution in [-0.4, -0.2) is 77.0 Å². The Morgan fingerprint density at radius 1 is 0.867 bits per heavy atom. The monoisotopic (exact) mass is 614 g/mol. The number of nitrogens with one attached hydrogen (secondary N) is 1. The molecule has 0 amide bonds. The first kappa shape index (κ1) is 30.4. The number of fused-ring (bicyclic) bond motifs is 2. The third kappa shape index (κ3) is 7.31. The van der Waals surface area contributed by atoms with Crippen molar-refractivity contribution in [2.45, 2.75) is 13.1 Å². The molecular weight excluding hydrogens is 584 g/mol. The van der Waals surface area contributed by atoms with Crippen molar-refractivity contribution in [1.29, 1.82) is 0 Å². The molecule has 6 aromatic rings. The van der Waals surface area contributed by atoms with Gasteiger partial charge in [0.25, 0.3) is 0 Å². The van der Waals surface area contributed by atoms with E-state index in [4.69, 9.17) is 26.0 Å². The Bertz CT molecular complexity index is 1960. The summed E-state index contributed by atoms with van der Waals surface area (Å²) in [7, 11) is 1.28. The molecule has 4 heterocycles. The zero-order valence-electron chi connectivity index (χ0n) is 24.2. The molecule has 0 aliphatic heterocycles. The number of hydrogen-bond donors (Lipinski definition) is 4. The molecule has 0 saturated heterocycles. The molecule has 0 aliphatic rings. The van der Waals surface area contributed by atoms with E-state index in [2.05, 4.69) is 34.6 Å². The van der Waals surface area contributed by atoms with Gasteiger partial charge in [-0.05, 0) is 11.1 Å². The molecule has 0 aliphatic carbocycles. The summed E-state index contributed by atoms with van der Waals surface area (Å²) in [5.74, 6) is -0.200. The van der Waals surface area contributed by atoms with Gasteiger partial charge in [0.1, 0.15) is 12.1 Å². The third-order valence-corrected chi connectivity index (χ3v) is 6.35. The van der Waals surface area contributed by atoms with Crippen LogP contribution in [0.3, 0.4) is 0 Å². The van der Waals surface area contributed by atoms with Gasteiger partial charge in [-0.25, -0.2) is 14.6 Å². The first-order valence-electron chi connectivity index (χ1n) is 13.6. The van der Waals surface area contributed by atoms with Crippen molar-refractivity contribution in [3.05, 3.63) is 88.6 Å². The highest BCUT2D eigenvalue weighted by Gasteiger charge is 2.15. The van der Waals surface area contributed by atoms with Gasteiger partial charge in [-0.15, -0.1) is 0 Å². The lowest BCUT2D eigenvalue weighted by Crippen LogP contribution is -2.17. The molecule has 0 unspecified atom stereocenters. The Balaban J connectivity index is 0.000000178. The number of aliphatic hydroxyl groups excluding tert-OH is 1. The number of hydrogen-bond acceptors (Lipinski definition) is 13. The van der Waals surface area contributed by atoms with E-state index in [1.165, 1.54) is 11.7 Å². The fourth-order valence-corrected chi connectivity index (χ4v) is 4.23. The van der Waals surface area contributed by atoms with E-state index in [0.717, 1.165) is 11.1 Å². The molecule has 6 N–H and O–H groups in total. The second-order valence-corrected chi connectivity index (χ2v) is 9.45. The first-order chi connectivity index (χ1) is 21.9. The van der Waals surface area contributed by atoms with Crippen LogP contribution in [0.2, 0.25) is 0 Å². The van der Waals surface area contributed by atoms with Crippen molar-refractivity contribution in [2.75, 3.05) is 38.4 Å². The predicted molar refractivity (Wildman–Crippen MR) is 163 cm³/mol. The standard InChI is InChI=1S/C15H15N5O3.C14H15N5O3/c1-22-11(21)8-23-15-18-13(16)12-14(19-15)20(9-17-12)7-10-5-3-2-4-6-10;15-11-10-12(18-13(17-11)22-7-6-20)19(14(21)16-10)8-9-4-2-1-3-5-9/h2-6,9H,7-8H2,1H3,(H2,16,18,19);1-5,20H,6-8H2,(H,16,21)(H2,15,17,18). The number of methoxy groups -OCH3 is 1. The zero-order chi connectivity index (χ0) is 31.8. The second kappa shape index (κ2) is 14.0. The summed E-state index contributed by atoms with van der Waals surface area (Å²) < 4.78 is 18.2. The van der Waals surface area contributed by atoms with Crippen LogP contribution in [-0.2, 0) is 22.6 Å². The summed E-state index contributed by atoms with van der Waals surface area (Å²) in [5.41, 5.74) is 15.2. The van der Waals surface area contributed by atoms with E-state index in [1.807, 2.05) is 65.2 Å². The Hall–Kier alpha value is -6.03. The van der Waals surface area contributed by atoms with E-state index >= 15 is 0 Å². The van der Waals surface area contributed by atoms with Gasteiger partial charge >= 0.3 is 23.7 Å². The smallest absolute Gasteiger partial charge is 0.344 e. The molecule has 0 saturated carbocycles. The number of nitrogens with two attached hydrogens (primary N) is 2. The van der Waals surface area contributed by atoms with Crippen LogP contribution in [0, 0.1) is 0 Å². The number of esters is 1. The molecule has 0 atom stereocenters. The van der Waals surface area contributed by atoms with Crippen LogP contribution in [0.4, 0.5) is 11.6 Å². The second-order valence-electron chi connectivity index (χ2n) is 9.45. The fraction of sp³-hybridized carbons (Fsp3) is 0.207. The maximum atomic E-state index is 12.1. The lowest BCUT2D eigenvalue weighted by atomic mass is 10.2. The minimum Gasteiger partial charge on any atom is -0.466 e. The maximum absolute atomic E-state index is 12.1. The number of carbonyl (C=O) groups excluding carboxylic acids is 1. The number of H-pyrrole nitrogens is 1. The van der Waals surface area contributed by atoms with Crippen LogP contribution in [0.15, 0.2) is 71.8 Å². The normalized spacial score (nSPS) is 10.8. The minimum atomic E-state index is -0.523. The molecule has 4 aromatic heterocycles. The highest BCUT2D eigenvalue weighted by Crippen LogP contribution is 2.21. The van der Waals surface area contributed by atoms with Crippen LogP contribution >= 0.6 is 0 Å². The number of imidazole rings is 2. The summed E-state index contributed by atoms with van der Waals surface area (Å²) in [5, 5.41) is 8.79. The van der Waals surface area contributed by atoms with E-state index in [9.17, 15) is 9.59 Å². The number of benzene rings is 2. The number of rotatable bonds is 10. The van der Waals surface area contributed by atoms with Crippen LogP contribution < -0.4 is 26.6 Å². The van der Waals surface area contributed by atoms with Gasteiger partial charge < -0.3 is 40.3 Å². The summed E-state index contributed by atoms with van der Waals surface area (Å²) in [6, 6.07) is 19.5. The highest BCUT2D eigenvalue weighted by atomic mass is 16.6. The molecule has 0 bridgehead atoms. The average Bonchev–Trinajstić information content (AvgIpc) is 3.60. The van der Waals surface area contributed by atoms with Gasteiger partial charge in [-0.2, -0.15) is 19.9 Å². The minimum absolute atomic E-state index is 0.00946. The molecule has 0 radical (unpaired) electrons. The van der Waals surface area contributed by atoms with Gasteiger partial charge in [0, 0.05) is 0 Å². The molecular formula is C29H30N10O6. The number of anilines is 2. The average molecular weight is 615 g/mol. The van der Waals surface area contributed by atoms with Crippen molar-refractivity contribution >= 4 is 39.9 Å². The lowest BCUT2D eigenvalue weighted by molar-refractivity contribution is -0.143. The largest absolute Gasteiger partial charge is 0.466 e. The number of nitrogen functional groups attached to an aromatic ring is 2. The lowest BCUT2D eigenvalue weighted by Gasteiger charge is -2.06. The summed E-state index contributed by atoms with van der Waals surface area (Å²) in [6.45, 7) is 0.553. The van der Waals surface area contributed by atoms with Crippen molar-refractivity contribution in [3.8, 4) is 12.0 Å². The van der Waals surface area contributed by atoms with E-state index in [1.54, 1.807) is 6.33 Å². The molecule has 0 spiro atoms. The Kier molecular flexibility index (Phi) is 9.44.